The van der Waals surface area contributed by atoms with Crippen molar-refractivity contribution in [2.45, 2.75) is 32.4 Å². The van der Waals surface area contributed by atoms with Crippen molar-refractivity contribution in [1.29, 1.82) is 0 Å². The number of rotatable bonds is 5. The highest BCUT2D eigenvalue weighted by atomic mass is 16.5. The molecule has 1 heterocycles. The molecule has 1 aliphatic heterocycles. The Labute approximate surface area is 157 Å². The molecule has 3 rings (SSSR count). The number of nitrogens with two attached hydrogens (primary N) is 1. The molecular formula is C21H22N2O4. The molecule has 27 heavy (non-hydrogen) atoms. The number of esters is 1. The zero-order valence-electron chi connectivity index (χ0n) is 15.3. The topological polar surface area (TPSA) is 89.7 Å². The van der Waals surface area contributed by atoms with E-state index in [1.165, 1.54) is 4.90 Å². The summed E-state index contributed by atoms with van der Waals surface area (Å²) in [4.78, 5) is 37.9. The van der Waals surface area contributed by atoms with E-state index in [9.17, 15) is 14.4 Å². The van der Waals surface area contributed by atoms with Crippen LogP contribution in [-0.2, 0) is 16.0 Å². The molecule has 0 spiro atoms. The van der Waals surface area contributed by atoms with Crippen molar-refractivity contribution >= 4 is 17.8 Å². The molecule has 0 saturated carbocycles. The lowest BCUT2D eigenvalue weighted by molar-refractivity contribution is -0.119. The van der Waals surface area contributed by atoms with E-state index in [1.807, 2.05) is 44.2 Å². The quantitative estimate of drug-likeness (QED) is 0.823. The first-order valence-electron chi connectivity index (χ1n) is 8.85. The van der Waals surface area contributed by atoms with E-state index in [0.29, 0.717) is 17.5 Å². The summed E-state index contributed by atoms with van der Waals surface area (Å²) in [6.45, 7) is 3.49. The number of primary amides is 1. The van der Waals surface area contributed by atoms with E-state index in [-0.39, 0.29) is 24.6 Å². The van der Waals surface area contributed by atoms with Gasteiger partial charge in [-0.25, -0.2) is 4.79 Å². The minimum Gasteiger partial charge on any atom is -0.454 e. The molecule has 2 amide bonds. The van der Waals surface area contributed by atoms with Gasteiger partial charge in [-0.15, -0.1) is 0 Å². The molecule has 0 fully saturated rings. The largest absolute Gasteiger partial charge is 0.454 e. The first kappa shape index (κ1) is 18.6. The maximum absolute atomic E-state index is 12.8. The van der Waals surface area contributed by atoms with Crippen molar-refractivity contribution < 1.29 is 19.1 Å². The van der Waals surface area contributed by atoms with Crippen LogP contribution in [0.1, 0.15) is 51.8 Å². The predicted molar refractivity (Wildman–Crippen MR) is 100 cm³/mol. The average molecular weight is 366 g/mol. The number of benzene rings is 2. The highest BCUT2D eigenvalue weighted by Crippen LogP contribution is 2.31. The number of amides is 2. The first-order chi connectivity index (χ1) is 12.9. The predicted octanol–water partition coefficient (Wildman–Crippen LogP) is 2.48. The molecule has 2 aromatic carbocycles. The second kappa shape index (κ2) is 7.61. The minimum atomic E-state index is -0.567. The summed E-state index contributed by atoms with van der Waals surface area (Å²) in [6, 6.07) is 14.2. The number of ether oxygens (including phenoxy) is 1. The van der Waals surface area contributed by atoms with Crippen LogP contribution in [0.25, 0.3) is 0 Å². The molecule has 0 bridgehead atoms. The molecule has 2 N–H and O–H groups in total. The fourth-order valence-electron chi connectivity index (χ4n) is 3.21. The van der Waals surface area contributed by atoms with Crippen molar-refractivity contribution in [2.24, 2.45) is 5.73 Å². The van der Waals surface area contributed by atoms with Crippen molar-refractivity contribution in [3.63, 3.8) is 0 Å². The van der Waals surface area contributed by atoms with Gasteiger partial charge >= 0.3 is 5.97 Å². The summed E-state index contributed by atoms with van der Waals surface area (Å²) in [6.07, 6.45) is 0.104. The van der Waals surface area contributed by atoms with Gasteiger partial charge in [-0.3, -0.25) is 9.59 Å². The van der Waals surface area contributed by atoms with Crippen LogP contribution < -0.4 is 5.73 Å². The van der Waals surface area contributed by atoms with Crippen LogP contribution >= 0.6 is 0 Å². The lowest BCUT2D eigenvalue weighted by Crippen LogP contribution is -2.42. The smallest absolute Gasteiger partial charge is 0.339 e. The van der Waals surface area contributed by atoms with Crippen LogP contribution in [0.5, 0.6) is 0 Å². The number of cyclic esters (lactones) is 1. The van der Waals surface area contributed by atoms with Gasteiger partial charge in [0, 0.05) is 18.0 Å². The van der Waals surface area contributed by atoms with Crippen LogP contribution in [0.2, 0.25) is 0 Å². The Bertz CT molecular complexity index is 877. The fourth-order valence-corrected chi connectivity index (χ4v) is 3.21. The molecule has 1 aliphatic rings. The molecule has 2 aromatic rings. The van der Waals surface area contributed by atoms with Gasteiger partial charge in [0.2, 0.25) is 5.91 Å². The molecule has 0 unspecified atom stereocenters. The summed E-state index contributed by atoms with van der Waals surface area (Å²) in [5.41, 5.74) is 7.82. The van der Waals surface area contributed by atoms with Crippen molar-refractivity contribution in [3.8, 4) is 0 Å². The van der Waals surface area contributed by atoms with E-state index >= 15 is 0 Å². The van der Waals surface area contributed by atoms with E-state index in [2.05, 4.69) is 0 Å². The highest BCUT2D eigenvalue weighted by Gasteiger charge is 2.29. The summed E-state index contributed by atoms with van der Waals surface area (Å²) >= 11 is 0. The average Bonchev–Trinajstić information content (AvgIpc) is 2.65. The Morgan fingerprint density at radius 1 is 1.19 bits per heavy atom. The molecule has 1 atom stereocenters. The Kier molecular flexibility index (Phi) is 5.26. The Morgan fingerprint density at radius 3 is 2.52 bits per heavy atom. The van der Waals surface area contributed by atoms with Gasteiger partial charge in [0.05, 0.1) is 12.1 Å². The second-order valence-electron chi connectivity index (χ2n) is 6.87. The van der Waals surface area contributed by atoms with Crippen LogP contribution in [0.4, 0.5) is 0 Å². The molecular weight excluding hydrogens is 344 g/mol. The summed E-state index contributed by atoms with van der Waals surface area (Å²) < 4.78 is 5.54. The molecule has 6 nitrogen and oxygen atoms in total. The van der Waals surface area contributed by atoms with E-state index in [4.69, 9.17) is 10.5 Å². The van der Waals surface area contributed by atoms with Gasteiger partial charge in [0.1, 0.15) is 6.10 Å². The van der Waals surface area contributed by atoms with Crippen molar-refractivity contribution in [1.82, 2.24) is 4.90 Å². The zero-order chi connectivity index (χ0) is 19.6. The lowest BCUT2D eigenvalue weighted by Gasteiger charge is -2.27. The lowest BCUT2D eigenvalue weighted by atomic mass is 9.93. The normalized spacial score (nSPS) is 15.8. The van der Waals surface area contributed by atoms with Gasteiger partial charge in [-0.05, 0) is 43.2 Å². The maximum Gasteiger partial charge on any atom is 0.339 e. The van der Waals surface area contributed by atoms with E-state index in [0.717, 1.165) is 11.1 Å². The Hall–Kier alpha value is -3.15. The zero-order valence-corrected chi connectivity index (χ0v) is 15.3. The summed E-state index contributed by atoms with van der Waals surface area (Å²) in [5.74, 6) is -1.26. The van der Waals surface area contributed by atoms with Crippen LogP contribution in [-0.4, -0.2) is 35.3 Å². The third kappa shape index (κ3) is 4.00. The number of carbonyl (C=O) groups excluding carboxylic acids is 3. The first-order valence-corrected chi connectivity index (χ1v) is 8.85. The molecule has 0 aliphatic carbocycles. The van der Waals surface area contributed by atoms with Crippen LogP contribution in [0, 0.1) is 0 Å². The SMILES string of the molecule is CC(C)N(CC(N)=O)C(=O)c1ccc2c(c1)C[C@H](c1ccccc1)OC2=O. The van der Waals surface area contributed by atoms with E-state index in [1.54, 1.807) is 18.2 Å². The number of nitrogens with zero attached hydrogens (tertiary/aromatic N) is 1. The second-order valence-corrected chi connectivity index (χ2v) is 6.87. The van der Waals surface area contributed by atoms with Crippen molar-refractivity contribution in [2.75, 3.05) is 6.54 Å². The third-order valence-corrected chi connectivity index (χ3v) is 4.61. The number of hydrogen-bond acceptors (Lipinski definition) is 4. The maximum atomic E-state index is 12.8. The summed E-state index contributed by atoms with van der Waals surface area (Å²) in [7, 11) is 0. The molecule has 0 aromatic heterocycles. The number of fused-ring (bicyclic) bond motifs is 1. The van der Waals surface area contributed by atoms with Gasteiger partial charge in [0.25, 0.3) is 5.91 Å². The fraction of sp³-hybridized carbons (Fsp3) is 0.286. The Morgan fingerprint density at radius 2 is 1.89 bits per heavy atom. The van der Waals surface area contributed by atoms with Crippen LogP contribution in [0.3, 0.4) is 0 Å². The third-order valence-electron chi connectivity index (χ3n) is 4.61. The number of hydrogen-bond donors (Lipinski definition) is 1. The van der Waals surface area contributed by atoms with Crippen LogP contribution in [0.15, 0.2) is 48.5 Å². The molecule has 0 saturated heterocycles. The van der Waals surface area contributed by atoms with Gasteiger partial charge in [0.15, 0.2) is 0 Å². The molecule has 6 heteroatoms. The van der Waals surface area contributed by atoms with Crippen molar-refractivity contribution in [3.05, 3.63) is 70.8 Å². The minimum absolute atomic E-state index is 0.151. The number of carbonyl (C=O) groups is 3. The van der Waals surface area contributed by atoms with Gasteiger partial charge in [-0.1, -0.05) is 30.3 Å². The van der Waals surface area contributed by atoms with Gasteiger partial charge < -0.3 is 15.4 Å². The highest BCUT2D eigenvalue weighted by molar-refractivity contribution is 5.99. The monoisotopic (exact) mass is 366 g/mol. The summed E-state index contributed by atoms with van der Waals surface area (Å²) in [5, 5.41) is 0. The van der Waals surface area contributed by atoms with Gasteiger partial charge in [-0.2, -0.15) is 0 Å². The molecule has 140 valence electrons. The Balaban J connectivity index is 1.90. The molecule has 0 radical (unpaired) electrons. The van der Waals surface area contributed by atoms with E-state index < -0.39 is 11.9 Å². The standard InChI is InChI=1S/C21H22N2O4/c1-13(2)23(12-19(22)24)20(25)15-8-9-17-16(10-15)11-18(27-21(17)26)14-6-4-3-5-7-14/h3-10,13,18H,11-12H2,1-2H3,(H2,22,24)/t18-/m1/s1.